The number of aromatic nitrogens is 2. The summed E-state index contributed by atoms with van der Waals surface area (Å²) >= 11 is 0. The van der Waals surface area contributed by atoms with Crippen molar-refractivity contribution < 1.29 is 9.50 Å². The molecule has 0 saturated carbocycles. The van der Waals surface area contributed by atoms with Crippen LogP contribution < -0.4 is 0 Å². The van der Waals surface area contributed by atoms with Gasteiger partial charge in [-0.2, -0.15) is 0 Å². The fourth-order valence-corrected chi connectivity index (χ4v) is 1.85. The molecule has 0 fully saturated rings. The number of rotatable bonds is 2. The highest BCUT2D eigenvalue weighted by molar-refractivity contribution is 5.60. The molecule has 2 aromatic rings. The molecular formula is C14H15FN2O. The van der Waals surface area contributed by atoms with Gasteiger partial charge in [0.15, 0.2) is 5.82 Å². The van der Waals surface area contributed by atoms with E-state index in [0.29, 0.717) is 22.6 Å². The van der Waals surface area contributed by atoms with Gasteiger partial charge in [0.2, 0.25) is 0 Å². The van der Waals surface area contributed by atoms with Crippen LogP contribution in [0.2, 0.25) is 0 Å². The second-order valence-electron chi connectivity index (χ2n) is 4.37. The van der Waals surface area contributed by atoms with E-state index < -0.39 is 6.10 Å². The van der Waals surface area contributed by atoms with E-state index in [4.69, 9.17) is 0 Å². The quantitative estimate of drug-likeness (QED) is 0.886. The number of benzene rings is 1. The summed E-state index contributed by atoms with van der Waals surface area (Å²) in [4.78, 5) is 8.52. The number of hydrogen-bond acceptors (Lipinski definition) is 3. The monoisotopic (exact) mass is 246 g/mol. The van der Waals surface area contributed by atoms with E-state index in [1.165, 1.54) is 12.1 Å². The minimum Gasteiger partial charge on any atom is -0.389 e. The lowest BCUT2D eigenvalue weighted by molar-refractivity contribution is 0.197. The van der Waals surface area contributed by atoms with Crippen LogP contribution in [0.5, 0.6) is 0 Å². The largest absolute Gasteiger partial charge is 0.389 e. The molecule has 0 unspecified atom stereocenters. The van der Waals surface area contributed by atoms with E-state index in [-0.39, 0.29) is 5.82 Å². The maximum Gasteiger partial charge on any atom is 0.159 e. The van der Waals surface area contributed by atoms with Crippen molar-refractivity contribution in [2.75, 3.05) is 0 Å². The first-order chi connectivity index (χ1) is 8.49. The van der Waals surface area contributed by atoms with E-state index in [1.54, 1.807) is 19.2 Å². The lowest BCUT2D eigenvalue weighted by Gasteiger charge is -2.10. The average Bonchev–Trinajstić information content (AvgIpc) is 2.31. The molecule has 0 saturated heterocycles. The maximum atomic E-state index is 13.2. The van der Waals surface area contributed by atoms with Gasteiger partial charge in [-0.05, 0) is 38.5 Å². The Labute approximate surface area is 105 Å². The molecule has 0 amide bonds. The lowest BCUT2D eigenvalue weighted by atomic mass is 10.1. The van der Waals surface area contributed by atoms with Crippen molar-refractivity contribution in [3.05, 3.63) is 47.0 Å². The summed E-state index contributed by atoms with van der Waals surface area (Å²) in [5, 5.41) is 9.52. The third-order valence-corrected chi connectivity index (χ3v) is 2.91. The van der Waals surface area contributed by atoms with Gasteiger partial charge in [0.1, 0.15) is 5.82 Å². The summed E-state index contributed by atoms with van der Waals surface area (Å²) < 4.78 is 13.2. The van der Waals surface area contributed by atoms with Gasteiger partial charge >= 0.3 is 0 Å². The lowest BCUT2D eigenvalue weighted by Crippen LogP contribution is -2.02. The number of hydrogen-bond donors (Lipinski definition) is 1. The summed E-state index contributed by atoms with van der Waals surface area (Å²) in [6.45, 7) is 5.36. The number of halogens is 1. The van der Waals surface area contributed by atoms with Crippen molar-refractivity contribution in [1.29, 1.82) is 0 Å². The van der Waals surface area contributed by atoms with Gasteiger partial charge in [-0.25, -0.2) is 14.4 Å². The fraction of sp³-hybridized carbons (Fsp3) is 0.286. The van der Waals surface area contributed by atoms with Crippen LogP contribution in [-0.2, 0) is 0 Å². The standard InChI is InChI=1S/C14H15FN2O/c1-8-4-5-11(15)6-12(8)14-16-7-13(10(3)18)9(2)17-14/h4-7,10,18H,1-3H3/t10-/m1/s1. The van der Waals surface area contributed by atoms with Gasteiger partial charge in [-0.1, -0.05) is 6.07 Å². The van der Waals surface area contributed by atoms with Crippen LogP contribution in [0.15, 0.2) is 24.4 Å². The topological polar surface area (TPSA) is 46.0 Å². The minimum atomic E-state index is -0.604. The fourth-order valence-electron chi connectivity index (χ4n) is 1.85. The summed E-state index contributed by atoms with van der Waals surface area (Å²) in [5.74, 6) is 0.172. The molecule has 0 aliphatic rings. The molecule has 0 aliphatic carbocycles. The van der Waals surface area contributed by atoms with Crippen molar-refractivity contribution in [3.63, 3.8) is 0 Å². The molecule has 4 heteroatoms. The molecule has 1 heterocycles. The van der Waals surface area contributed by atoms with E-state index >= 15 is 0 Å². The Balaban J connectivity index is 2.52. The Morgan fingerprint density at radius 1 is 1.28 bits per heavy atom. The first kappa shape index (κ1) is 12.6. The van der Waals surface area contributed by atoms with Gasteiger partial charge in [0.25, 0.3) is 0 Å². The Hall–Kier alpha value is -1.81. The van der Waals surface area contributed by atoms with Crippen LogP contribution in [0.25, 0.3) is 11.4 Å². The zero-order chi connectivity index (χ0) is 13.3. The molecule has 0 spiro atoms. The molecule has 1 N–H and O–H groups in total. The number of aliphatic hydroxyl groups is 1. The van der Waals surface area contributed by atoms with Crippen LogP contribution in [0, 0.1) is 19.7 Å². The molecular weight excluding hydrogens is 231 g/mol. The molecule has 3 nitrogen and oxygen atoms in total. The van der Waals surface area contributed by atoms with Crippen LogP contribution in [-0.4, -0.2) is 15.1 Å². The Morgan fingerprint density at radius 2 is 2.00 bits per heavy atom. The zero-order valence-corrected chi connectivity index (χ0v) is 10.6. The molecule has 0 radical (unpaired) electrons. The van der Waals surface area contributed by atoms with Crippen LogP contribution in [0.4, 0.5) is 4.39 Å². The van der Waals surface area contributed by atoms with E-state index in [2.05, 4.69) is 9.97 Å². The van der Waals surface area contributed by atoms with Crippen molar-refractivity contribution in [1.82, 2.24) is 9.97 Å². The van der Waals surface area contributed by atoms with E-state index in [0.717, 1.165) is 5.56 Å². The molecule has 1 aromatic heterocycles. The van der Waals surface area contributed by atoms with Crippen molar-refractivity contribution in [2.24, 2.45) is 0 Å². The minimum absolute atomic E-state index is 0.309. The average molecular weight is 246 g/mol. The summed E-state index contributed by atoms with van der Waals surface area (Å²) in [6.07, 6.45) is 0.986. The Kier molecular flexibility index (Phi) is 3.39. The van der Waals surface area contributed by atoms with Crippen molar-refractivity contribution >= 4 is 0 Å². The molecule has 18 heavy (non-hydrogen) atoms. The molecule has 1 aromatic carbocycles. The summed E-state index contributed by atoms with van der Waals surface area (Å²) in [7, 11) is 0. The van der Waals surface area contributed by atoms with E-state index in [9.17, 15) is 9.50 Å². The van der Waals surface area contributed by atoms with Crippen LogP contribution in [0.3, 0.4) is 0 Å². The van der Waals surface area contributed by atoms with Gasteiger partial charge in [0, 0.05) is 23.0 Å². The number of aryl methyl sites for hydroxylation is 2. The highest BCUT2D eigenvalue weighted by Gasteiger charge is 2.11. The van der Waals surface area contributed by atoms with Gasteiger partial charge in [-0.3, -0.25) is 0 Å². The predicted octanol–water partition coefficient (Wildman–Crippen LogP) is 2.95. The van der Waals surface area contributed by atoms with E-state index in [1.807, 2.05) is 13.8 Å². The van der Waals surface area contributed by atoms with Gasteiger partial charge in [-0.15, -0.1) is 0 Å². The zero-order valence-electron chi connectivity index (χ0n) is 10.6. The first-order valence-corrected chi connectivity index (χ1v) is 5.77. The van der Waals surface area contributed by atoms with Gasteiger partial charge in [0.05, 0.1) is 6.10 Å². The second kappa shape index (κ2) is 4.82. The highest BCUT2D eigenvalue weighted by atomic mass is 19.1. The molecule has 0 aliphatic heterocycles. The van der Waals surface area contributed by atoms with Crippen molar-refractivity contribution in [3.8, 4) is 11.4 Å². The number of nitrogens with zero attached hydrogens (tertiary/aromatic N) is 2. The Bertz CT molecular complexity index is 582. The third-order valence-electron chi connectivity index (χ3n) is 2.91. The third kappa shape index (κ3) is 2.38. The highest BCUT2D eigenvalue weighted by Crippen LogP contribution is 2.23. The molecule has 94 valence electrons. The molecule has 0 bridgehead atoms. The number of aliphatic hydroxyl groups excluding tert-OH is 1. The van der Waals surface area contributed by atoms with Crippen LogP contribution in [0.1, 0.15) is 29.8 Å². The smallest absolute Gasteiger partial charge is 0.159 e. The van der Waals surface area contributed by atoms with Crippen molar-refractivity contribution in [2.45, 2.75) is 26.9 Å². The Morgan fingerprint density at radius 3 is 2.61 bits per heavy atom. The normalized spacial score (nSPS) is 12.5. The maximum absolute atomic E-state index is 13.2. The second-order valence-corrected chi connectivity index (χ2v) is 4.37. The van der Waals surface area contributed by atoms with Gasteiger partial charge < -0.3 is 5.11 Å². The SMILES string of the molecule is Cc1ccc(F)cc1-c1ncc([C@@H](C)O)c(C)n1. The van der Waals surface area contributed by atoms with Crippen LogP contribution >= 0.6 is 0 Å². The first-order valence-electron chi connectivity index (χ1n) is 5.77. The molecule has 2 rings (SSSR count). The predicted molar refractivity (Wildman–Crippen MR) is 67.5 cm³/mol. The molecule has 1 atom stereocenters. The summed E-state index contributed by atoms with van der Waals surface area (Å²) in [6, 6.07) is 4.54. The summed E-state index contributed by atoms with van der Waals surface area (Å²) in [5.41, 5.74) is 2.99.